The number of ether oxygens (including phenoxy) is 4. The van der Waals surface area contributed by atoms with Crippen LogP contribution in [0.2, 0.25) is 0 Å². The average Bonchev–Trinajstić information content (AvgIpc) is 2.49. The van der Waals surface area contributed by atoms with Crippen LogP contribution in [0.15, 0.2) is 30.0 Å². The molecule has 0 saturated carbocycles. The number of rotatable bonds is 5. The highest BCUT2D eigenvalue weighted by Gasteiger charge is 2.38. The number of nitrogens with one attached hydrogen (secondary N) is 1. The van der Waals surface area contributed by atoms with E-state index in [2.05, 4.69) is 5.32 Å². The molecule has 0 radical (unpaired) electrons. The smallest absolute Gasteiger partial charge is 0.350 e. The molecule has 2 N–H and O–H groups in total. The van der Waals surface area contributed by atoms with Crippen LogP contribution in [0, 0.1) is 0 Å². The molecule has 130 valence electrons. The minimum absolute atomic E-state index is 0.0138. The lowest BCUT2D eigenvalue weighted by Gasteiger charge is -2.29. The zero-order valence-electron chi connectivity index (χ0n) is 13.8. The first-order valence-corrected chi connectivity index (χ1v) is 7.09. The van der Waals surface area contributed by atoms with Gasteiger partial charge in [-0.3, -0.25) is 0 Å². The molecule has 1 aliphatic heterocycles. The molecule has 0 spiro atoms. The van der Waals surface area contributed by atoms with Crippen molar-refractivity contribution in [2.75, 3.05) is 19.5 Å². The SMILES string of the molecule is COC(OC)c1cc(NC=C2C(=O)OC(C)(C)OC2=O)ccc1O. The molecule has 24 heavy (non-hydrogen) atoms. The second-order valence-corrected chi connectivity index (χ2v) is 5.46. The maximum absolute atomic E-state index is 11.9. The quantitative estimate of drug-likeness (QED) is 0.276. The summed E-state index contributed by atoms with van der Waals surface area (Å²) in [6.45, 7) is 2.93. The molecule has 0 atom stereocenters. The summed E-state index contributed by atoms with van der Waals surface area (Å²) >= 11 is 0. The monoisotopic (exact) mass is 337 g/mol. The zero-order chi connectivity index (χ0) is 17.9. The van der Waals surface area contributed by atoms with E-state index in [9.17, 15) is 14.7 Å². The van der Waals surface area contributed by atoms with E-state index >= 15 is 0 Å². The predicted molar refractivity (Wildman–Crippen MR) is 82.8 cm³/mol. The number of cyclic esters (lactones) is 2. The van der Waals surface area contributed by atoms with E-state index in [0.717, 1.165) is 0 Å². The van der Waals surface area contributed by atoms with Gasteiger partial charge in [-0.2, -0.15) is 0 Å². The molecule has 0 amide bonds. The van der Waals surface area contributed by atoms with E-state index in [1.807, 2.05) is 0 Å². The van der Waals surface area contributed by atoms with E-state index in [4.69, 9.17) is 18.9 Å². The third-order valence-corrected chi connectivity index (χ3v) is 3.21. The van der Waals surface area contributed by atoms with Crippen molar-refractivity contribution in [2.45, 2.75) is 25.9 Å². The first kappa shape index (κ1) is 17.8. The van der Waals surface area contributed by atoms with E-state index in [1.165, 1.54) is 40.3 Å². The fraction of sp³-hybridized carbons (Fsp3) is 0.375. The summed E-state index contributed by atoms with van der Waals surface area (Å²) in [5.74, 6) is -2.87. The van der Waals surface area contributed by atoms with Crippen molar-refractivity contribution < 1.29 is 33.6 Å². The van der Waals surface area contributed by atoms with Gasteiger partial charge in [0.05, 0.1) is 5.56 Å². The normalized spacial score (nSPS) is 16.6. The van der Waals surface area contributed by atoms with Crippen molar-refractivity contribution in [1.82, 2.24) is 0 Å². The maximum atomic E-state index is 11.9. The van der Waals surface area contributed by atoms with Gasteiger partial charge >= 0.3 is 11.9 Å². The van der Waals surface area contributed by atoms with E-state index in [0.29, 0.717) is 11.3 Å². The van der Waals surface area contributed by atoms with Crippen molar-refractivity contribution in [1.29, 1.82) is 0 Å². The van der Waals surface area contributed by atoms with E-state index in [-0.39, 0.29) is 11.3 Å². The lowest BCUT2D eigenvalue weighted by Crippen LogP contribution is -2.42. The van der Waals surface area contributed by atoms with E-state index in [1.54, 1.807) is 12.1 Å². The number of carbonyl (C=O) groups excluding carboxylic acids is 2. The molecule has 1 fully saturated rings. The topological polar surface area (TPSA) is 103 Å². The highest BCUT2D eigenvalue weighted by Crippen LogP contribution is 2.30. The van der Waals surface area contributed by atoms with Crippen LogP contribution in [0.3, 0.4) is 0 Å². The summed E-state index contributed by atoms with van der Waals surface area (Å²) in [6.07, 6.45) is 0.426. The predicted octanol–water partition coefficient (Wildman–Crippen LogP) is 1.82. The number of hydrogen-bond donors (Lipinski definition) is 2. The number of methoxy groups -OCH3 is 2. The Morgan fingerprint density at radius 3 is 2.29 bits per heavy atom. The number of benzene rings is 1. The molecule has 2 rings (SSSR count). The minimum Gasteiger partial charge on any atom is -0.507 e. The summed E-state index contributed by atoms with van der Waals surface area (Å²) in [5, 5.41) is 12.7. The van der Waals surface area contributed by atoms with Crippen molar-refractivity contribution in [3.63, 3.8) is 0 Å². The Morgan fingerprint density at radius 2 is 1.75 bits per heavy atom. The van der Waals surface area contributed by atoms with Gasteiger partial charge in [0.25, 0.3) is 5.79 Å². The van der Waals surface area contributed by atoms with Gasteiger partial charge in [-0.25, -0.2) is 9.59 Å². The van der Waals surface area contributed by atoms with Gasteiger partial charge in [-0.1, -0.05) is 0 Å². The Kier molecular flexibility index (Phi) is 5.10. The summed E-state index contributed by atoms with van der Waals surface area (Å²) in [4.78, 5) is 23.7. The number of hydrogen-bond acceptors (Lipinski definition) is 8. The van der Waals surface area contributed by atoms with E-state index < -0.39 is 24.0 Å². The highest BCUT2D eigenvalue weighted by atomic mass is 16.7. The Balaban J connectivity index is 2.21. The first-order chi connectivity index (χ1) is 11.3. The van der Waals surface area contributed by atoms with Crippen LogP contribution in [0.5, 0.6) is 5.75 Å². The van der Waals surface area contributed by atoms with Gasteiger partial charge in [0.15, 0.2) is 11.9 Å². The third kappa shape index (κ3) is 3.84. The minimum atomic E-state index is -1.29. The second kappa shape index (κ2) is 6.90. The lowest BCUT2D eigenvalue weighted by atomic mass is 10.1. The van der Waals surface area contributed by atoms with Crippen molar-refractivity contribution in [2.24, 2.45) is 0 Å². The van der Waals surface area contributed by atoms with Crippen molar-refractivity contribution in [3.8, 4) is 5.75 Å². The number of anilines is 1. The maximum Gasteiger partial charge on any atom is 0.350 e. The molecular formula is C16H19NO7. The number of esters is 2. The second-order valence-electron chi connectivity index (χ2n) is 5.46. The van der Waals surface area contributed by atoms with Crippen molar-refractivity contribution in [3.05, 3.63) is 35.5 Å². The fourth-order valence-corrected chi connectivity index (χ4v) is 2.12. The molecule has 0 unspecified atom stereocenters. The molecule has 1 saturated heterocycles. The Labute approximate surface area is 139 Å². The molecule has 1 aromatic rings. The number of phenols is 1. The molecule has 0 aromatic heterocycles. The van der Waals surface area contributed by atoms with Gasteiger partial charge in [0.2, 0.25) is 0 Å². The van der Waals surface area contributed by atoms with Crippen molar-refractivity contribution >= 4 is 17.6 Å². The molecule has 1 heterocycles. The molecule has 0 aliphatic carbocycles. The molecule has 8 nitrogen and oxygen atoms in total. The Morgan fingerprint density at radius 1 is 1.17 bits per heavy atom. The van der Waals surface area contributed by atoms with Crippen LogP contribution in [-0.2, 0) is 28.5 Å². The molecule has 8 heteroatoms. The largest absolute Gasteiger partial charge is 0.507 e. The molecule has 1 aliphatic rings. The molecule has 1 aromatic carbocycles. The number of phenolic OH excluding ortho intramolecular Hbond substituents is 1. The Bertz CT molecular complexity index is 655. The third-order valence-electron chi connectivity index (χ3n) is 3.21. The lowest BCUT2D eigenvalue weighted by molar-refractivity contribution is -0.222. The molecule has 0 bridgehead atoms. The summed E-state index contributed by atoms with van der Waals surface area (Å²) in [5.41, 5.74) is 0.622. The van der Waals surface area contributed by atoms with Crippen LogP contribution in [0.25, 0.3) is 0 Å². The van der Waals surface area contributed by atoms with Crippen LogP contribution in [-0.4, -0.2) is 37.1 Å². The van der Waals surface area contributed by atoms with Crippen LogP contribution < -0.4 is 5.32 Å². The van der Waals surface area contributed by atoms with Gasteiger partial charge in [0.1, 0.15) is 5.75 Å². The number of carbonyl (C=O) groups is 2. The Hall–Kier alpha value is -2.58. The standard InChI is InChI=1S/C16H19NO7/c1-16(2)23-13(19)11(14(20)24-16)8-17-9-5-6-12(18)10(7-9)15(21-3)22-4/h5-8,15,17-18H,1-4H3. The fourth-order valence-electron chi connectivity index (χ4n) is 2.12. The van der Waals surface area contributed by atoms with Gasteiger partial charge in [0, 0.05) is 40.0 Å². The first-order valence-electron chi connectivity index (χ1n) is 7.09. The molecular weight excluding hydrogens is 318 g/mol. The van der Waals surface area contributed by atoms with Crippen LogP contribution >= 0.6 is 0 Å². The highest BCUT2D eigenvalue weighted by molar-refractivity contribution is 6.15. The summed E-state index contributed by atoms with van der Waals surface area (Å²) in [7, 11) is 2.87. The summed E-state index contributed by atoms with van der Waals surface area (Å²) < 4.78 is 20.2. The van der Waals surface area contributed by atoms with Crippen LogP contribution in [0.4, 0.5) is 5.69 Å². The van der Waals surface area contributed by atoms with Crippen LogP contribution in [0.1, 0.15) is 25.7 Å². The van der Waals surface area contributed by atoms with Gasteiger partial charge in [-0.05, 0) is 18.2 Å². The van der Waals surface area contributed by atoms with Gasteiger partial charge < -0.3 is 29.4 Å². The van der Waals surface area contributed by atoms with Gasteiger partial charge in [-0.15, -0.1) is 0 Å². The average molecular weight is 337 g/mol. The zero-order valence-corrected chi connectivity index (χ0v) is 13.8. The summed E-state index contributed by atoms with van der Waals surface area (Å²) in [6, 6.07) is 4.55. The number of aromatic hydroxyl groups is 1.